The minimum atomic E-state index is -1.04. The number of carboxylic acid groups (broad SMARTS) is 1. The van der Waals surface area contributed by atoms with Crippen molar-refractivity contribution >= 4 is 28.8 Å². The first-order chi connectivity index (χ1) is 13.3. The van der Waals surface area contributed by atoms with Crippen molar-refractivity contribution in [1.82, 2.24) is 4.90 Å². The topological polar surface area (TPSA) is 101 Å². The Bertz CT molecular complexity index is 761. The number of nitrogens with zero attached hydrogens (tertiary/aromatic N) is 1. The highest BCUT2D eigenvalue weighted by Gasteiger charge is 2.37. The summed E-state index contributed by atoms with van der Waals surface area (Å²) in [4.78, 5) is 37.2. The van der Waals surface area contributed by atoms with Gasteiger partial charge in [-0.05, 0) is 12.3 Å². The van der Waals surface area contributed by atoms with E-state index >= 15 is 0 Å². The van der Waals surface area contributed by atoms with Gasteiger partial charge < -0.3 is 15.7 Å². The molecule has 3 unspecified atom stereocenters. The summed E-state index contributed by atoms with van der Waals surface area (Å²) in [7, 11) is 0. The van der Waals surface area contributed by atoms with Gasteiger partial charge in [0.05, 0.1) is 0 Å². The molecular weight excluding hydrogens is 376 g/mol. The molecule has 1 amide bonds. The first-order valence-corrected chi connectivity index (χ1v) is 10.1. The average molecular weight is 403 g/mol. The van der Waals surface area contributed by atoms with Crippen LogP contribution in [-0.2, 0) is 9.59 Å². The number of rotatable bonds is 7. The second-order valence-corrected chi connectivity index (χ2v) is 8.22. The Morgan fingerprint density at radius 3 is 2.50 bits per heavy atom. The van der Waals surface area contributed by atoms with Crippen LogP contribution in [0.2, 0.25) is 0 Å². The summed E-state index contributed by atoms with van der Waals surface area (Å²) in [6.45, 7) is 4.29. The summed E-state index contributed by atoms with van der Waals surface area (Å²) in [5, 5.41) is 9.17. The Morgan fingerprint density at radius 2 is 1.89 bits per heavy atom. The highest BCUT2D eigenvalue weighted by atomic mass is 32.2. The van der Waals surface area contributed by atoms with Crippen molar-refractivity contribution in [3.8, 4) is 0 Å². The van der Waals surface area contributed by atoms with Crippen molar-refractivity contribution in [1.29, 1.82) is 0 Å². The van der Waals surface area contributed by atoms with Gasteiger partial charge in [0.1, 0.15) is 6.04 Å². The van der Waals surface area contributed by atoms with E-state index in [4.69, 9.17) is 5.73 Å². The Balaban J connectivity index is 1.97. The molecule has 0 aromatic heterocycles. The number of aliphatic carboxylic acids is 1. The molecule has 0 aliphatic carbocycles. The van der Waals surface area contributed by atoms with Gasteiger partial charge in [-0.1, -0.05) is 74.2 Å². The standard InChI is InChI=1S/C21H26N2O4S/c1-14(2)18(28-21(27)15-8-4-3-5-9-15)10-6-7-11-19(24)23-13-16(22)12-17(23)20(25)26/h3-11,14,16-18H,12-13,22H2,1-2H3,(H,25,26)/b10-6+,11-7+. The van der Waals surface area contributed by atoms with Gasteiger partial charge in [-0.25, -0.2) is 4.79 Å². The molecule has 28 heavy (non-hydrogen) atoms. The van der Waals surface area contributed by atoms with Crippen LogP contribution in [0.1, 0.15) is 30.6 Å². The minimum absolute atomic E-state index is 0.000592. The molecule has 1 aliphatic rings. The highest BCUT2D eigenvalue weighted by Crippen LogP contribution is 2.25. The lowest BCUT2D eigenvalue weighted by atomic mass is 10.1. The molecule has 3 atom stereocenters. The van der Waals surface area contributed by atoms with E-state index in [0.29, 0.717) is 5.56 Å². The number of allylic oxidation sites excluding steroid dienone is 2. The van der Waals surface area contributed by atoms with Crippen LogP contribution >= 0.6 is 11.8 Å². The maximum Gasteiger partial charge on any atom is 0.326 e. The number of nitrogens with two attached hydrogens (primary N) is 1. The smallest absolute Gasteiger partial charge is 0.326 e. The van der Waals surface area contributed by atoms with Crippen LogP contribution in [0.25, 0.3) is 0 Å². The Morgan fingerprint density at radius 1 is 1.21 bits per heavy atom. The molecule has 2 rings (SSSR count). The first-order valence-electron chi connectivity index (χ1n) is 9.19. The normalized spacial score (nSPS) is 20.9. The van der Waals surface area contributed by atoms with E-state index in [9.17, 15) is 19.5 Å². The molecule has 0 bridgehead atoms. The molecule has 150 valence electrons. The fraction of sp³-hybridized carbons (Fsp3) is 0.381. The molecule has 0 saturated carbocycles. The maximum atomic E-state index is 12.4. The molecule has 0 spiro atoms. The second-order valence-electron chi connectivity index (χ2n) is 7.06. The quantitative estimate of drug-likeness (QED) is 0.537. The monoisotopic (exact) mass is 402 g/mol. The zero-order valence-corrected chi connectivity index (χ0v) is 16.8. The van der Waals surface area contributed by atoms with E-state index in [2.05, 4.69) is 0 Å². The third kappa shape index (κ3) is 6.07. The number of likely N-dealkylation sites (tertiary alicyclic amines) is 1. The summed E-state index contributed by atoms with van der Waals surface area (Å²) < 4.78 is 0. The van der Waals surface area contributed by atoms with Crippen LogP contribution in [-0.4, -0.2) is 50.9 Å². The van der Waals surface area contributed by atoms with Crippen LogP contribution in [0.15, 0.2) is 54.6 Å². The van der Waals surface area contributed by atoms with E-state index in [1.54, 1.807) is 24.3 Å². The number of carbonyl (C=O) groups excluding carboxylic acids is 2. The molecule has 1 aliphatic heterocycles. The molecule has 7 heteroatoms. The summed E-state index contributed by atoms with van der Waals surface area (Å²) in [6, 6.07) is 7.90. The highest BCUT2D eigenvalue weighted by molar-refractivity contribution is 8.14. The Labute approximate surface area is 169 Å². The predicted molar refractivity (Wildman–Crippen MR) is 111 cm³/mol. The molecule has 1 saturated heterocycles. The van der Waals surface area contributed by atoms with Crippen LogP contribution < -0.4 is 5.73 Å². The van der Waals surface area contributed by atoms with E-state index in [0.717, 1.165) is 0 Å². The van der Waals surface area contributed by atoms with E-state index < -0.39 is 12.0 Å². The average Bonchev–Trinajstić information content (AvgIpc) is 3.06. The third-order valence-corrected chi connectivity index (χ3v) is 5.89. The lowest BCUT2D eigenvalue weighted by Crippen LogP contribution is -2.39. The fourth-order valence-corrected chi connectivity index (χ4v) is 3.88. The minimum Gasteiger partial charge on any atom is -0.480 e. The van der Waals surface area contributed by atoms with Gasteiger partial charge in [-0.15, -0.1) is 0 Å². The molecule has 1 aromatic rings. The number of carboxylic acids is 1. The van der Waals surface area contributed by atoms with E-state index in [1.165, 1.54) is 22.7 Å². The summed E-state index contributed by atoms with van der Waals surface area (Å²) in [5.74, 6) is -1.19. The lowest BCUT2D eigenvalue weighted by molar-refractivity contribution is -0.146. The maximum absolute atomic E-state index is 12.4. The van der Waals surface area contributed by atoms with Crippen molar-refractivity contribution in [3.63, 3.8) is 0 Å². The van der Waals surface area contributed by atoms with Gasteiger partial charge in [0.2, 0.25) is 11.0 Å². The van der Waals surface area contributed by atoms with E-state index in [1.807, 2.05) is 38.1 Å². The van der Waals surface area contributed by atoms with Crippen LogP contribution in [0.4, 0.5) is 0 Å². The Hall–Kier alpha value is -2.38. The molecule has 0 radical (unpaired) electrons. The van der Waals surface area contributed by atoms with Crippen LogP contribution in [0.5, 0.6) is 0 Å². The number of carbonyl (C=O) groups is 3. The van der Waals surface area contributed by atoms with Gasteiger partial charge >= 0.3 is 5.97 Å². The van der Waals surface area contributed by atoms with Crippen LogP contribution in [0, 0.1) is 5.92 Å². The largest absolute Gasteiger partial charge is 0.480 e. The fourth-order valence-electron chi connectivity index (χ4n) is 2.92. The molecule has 6 nitrogen and oxygen atoms in total. The van der Waals surface area contributed by atoms with E-state index in [-0.39, 0.29) is 41.2 Å². The second kappa shape index (κ2) is 10.2. The molecule has 3 N–H and O–H groups in total. The molecule has 1 aromatic carbocycles. The van der Waals surface area contributed by atoms with Crippen molar-refractivity contribution < 1.29 is 19.5 Å². The summed E-state index contributed by atoms with van der Waals surface area (Å²) in [5.41, 5.74) is 6.44. The number of hydrogen-bond donors (Lipinski definition) is 2. The van der Waals surface area contributed by atoms with Gasteiger partial charge in [0, 0.05) is 29.5 Å². The third-order valence-electron chi connectivity index (χ3n) is 4.46. The predicted octanol–water partition coefficient (Wildman–Crippen LogP) is 2.71. The van der Waals surface area contributed by atoms with Gasteiger partial charge in [0.15, 0.2) is 0 Å². The number of hydrogen-bond acceptors (Lipinski definition) is 5. The van der Waals surface area contributed by atoms with Gasteiger partial charge in [0.25, 0.3) is 0 Å². The van der Waals surface area contributed by atoms with Gasteiger partial charge in [-0.2, -0.15) is 0 Å². The van der Waals surface area contributed by atoms with Gasteiger partial charge in [-0.3, -0.25) is 9.59 Å². The van der Waals surface area contributed by atoms with Crippen molar-refractivity contribution in [2.45, 2.75) is 37.6 Å². The molecular formula is C21H26N2O4S. The SMILES string of the molecule is CC(C)C(/C=C/C=C/C(=O)N1CC(N)CC1C(=O)O)SC(=O)c1ccccc1. The van der Waals surface area contributed by atoms with Crippen LogP contribution in [0.3, 0.4) is 0 Å². The van der Waals surface area contributed by atoms with Crippen molar-refractivity contribution in [2.75, 3.05) is 6.54 Å². The van der Waals surface area contributed by atoms with Crippen molar-refractivity contribution in [3.05, 3.63) is 60.2 Å². The van der Waals surface area contributed by atoms with Crippen molar-refractivity contribution in [2.24, 2.45) is 11.7 Å². The first kappa shape index (κ1) is 21.9. The number of thioether (sulfide) groups is 1. The lowest BCUT2D eigenvalue weighted by Gasteiger charge is -2.19. The number of amides is 1. The Kier molecular flexibility index (Phi) is 8.02. The molecule has 1 fully saturated rings. The number of benzene rings is 1. The summed E-state index contributed by atoms with van der Waals surface area (Å²) in [6.07, 6.45) is 6.78. The zero-order valence-electron chi connectivity index (χ0n) is 16.0. The molecule has 1 heterocycles. The summed E-state index contributed by atoms with van der Waals surface area (Å²) >= 11 is 1.25. The zero-order chi connectivity index (χ0) is 20.7.